The van der Waals surface area contributed by atoms with Crippen molar-refractivity contribution in [1.29, 1.82) is 0 Å². The van der Waals surface area contributed by atoms with Crippen LogP contribution in [-0.2, 0) is 0 Å². The van der Waals surface area contributed by atoms with Gasteiger partial charge < -0.3 is 20.7 Å². The summed E-state index contributed by atoms with van der Waals surface area (Å²) in [6, 6.07) is 6.19. The molecule has 1 aromatic heterocycles. The van der Waals surface area contributed by atoms with Gasteiger partial charge in [-0.3, -0.25) is 0 Å². The first kappa shape index (κ1) is 20.8. The summed E-state index contributed by atoms with van der Waals surface area (Å²) in [5.41, 5.74) is 2.06. The molecule has 1 aliphatic rings. The number of aromatic nitrogens is 1. The van der Waals surface area contributed by atoms with Crippen molar-refractivity contribution in [2.75, 3.05) is 11.9 Å². The molecule has 0 amide bonds. The Morgan fingerprint density at radius 2 is 2.00 bits per heavy atom. The van der Waals surface area contributed by atoms with Gasteiger partial charge in [0.05, 0.1) is 28.8 Å². The fourth-order valence-electron chi connectivity index (χ4n) is 4.44. The van der Waals surface area contributed by atoms with Crippen molar-refractivity contribution in [3.63, 3.8) is 0 Å². The standard InChI is InChI=1S/C24H29F2N3O/c1-5-6-10-27-22-19-17(29-24(3,4)23(22)30)11-16(25)18(20(19)26)15-9-7-8-14-13(2)12-28-21(14)15/h7-9,11-12,22-23,27-30H,5-6,10H2,1-4H3/t22-,23?/m0/s1. The predicted molar refractivity (Wildman–Crippen MR) is 118 cm³/mol. The second kappa shape index (κ2) is 7.67. The maximum Gasteiger partial charge on any atom is 0.140 e. The molecular weight excluding hydrogens is 384 g/mol. The van der Waals surface area contributed by atoms with Crippen LogP contribution in [0.1, 0.15) is 50.8 Å². The van der Waals surface area contributed by atoms with Crippen LogP contribution in [0, 0.1) is 18.6 Å². The number of benzene rings is 2. The molecule has 0 radical (unpaired) electrons. The molecule has 4 nitrogen and oxygen atoms in total. The first-order valence-corrected chi connectivity index (χ1v) is 10.5. The Balaban J connectivity index is 1.92. The average Bonchev–Trinajstić information content (AvgIpc) is 3.07. The number of H-pyrrole nitrogens is 1. The molecule has 2 aromatic carbocycles. The van der Waals surface area contributed by atoms with Crippen molar-refractivity contribution in [3.8, 4) is 11.1 Å². The second-order valence-electron chi connectivity index (χ2n) is 8.79. The minimum Gasteiger partial charge on any atom is -0.389 e. The highest BCUT2D eigenvalue weighted by Crippen LogP contribution is 2.44. The number of para-hydroxylation sites is 1. The van der Waals surface area contributed by atoms with Gasteiger partial charge in [0.25, 0.3) is 0 Å². The highest BCUT2D eigenvalue weighted by Gasteiger charge is 2.43. The highest BCUT2D eigenvalue weighted by molar-refractivity contribution is 5.96. The number of halogens is 2. The van der Waals surface area contributed by atoms with E-state index in [9.17, 15) is 5.11 Å². The molecule has 1 aliphatic heterocycles. The molecule has 0 fully saturated rings. The fourth-order valence-corrected chi connectivity index (χ4v) is 4.44. The molecule has 0 bridgehead atoms. The summed E-state index contributed by atoms with van der Waals surface area (Å²) >= 11 is 0. The fraction of sp³-hybridized carbons (Fsp3) is 0.417. The second-order valence-corrected chi connectivity index (χ2v) is 8.79. The third-order valence-corrected chi connectivity index (χ3v) is 6.17. The van der Waals surface area contributed by atoms with E-state index in [1.165, 1.54) is 6.07 Å². The van der Waals surface area contributed by atoms with E-state index in [4.69, 9.17) is 0 Å². The summed E-state index contributed by atoms with van der Waals surface area (Å²) in [6.07, 6.45) is 2.85. The monoisotopic (exact) mass is 413 g/mol. The van der Waals surface area contributed by atoms with E-state index in [0.29, 0.717) is 23.3 Å². The van der Waals surface area contributed by atoms with Crippen LogP contribution in [0.2, 0.25) is 0 Å². The Labute approximate surface area is 175 Å². The molecule has 30 heavy (non-hydrogen) atoms. The van der Waals surface area contributed by atoms with Gasteiger partial charge in [-0.25, -0.2) is 8.78 Å². The Bertz CT molecular complexity index is 1090. The van der Waals surface area contributed by atoms with Gasteiger partial charge in [-0.05, 0) is 45.4 Å². The summed E-state index contributed by atoms with van der Waals surface area (Å²) in [4.78, 5) is 3.15. The number of hydrogen-bond donors (Lipinski definition) is 4. The summed E-state index contributed by atoms with van der Waals surface area (Å²) in [5.74, 6) is -1.26. The first-order chi connectivity index (χ1) is 14.3. The largest absolute Gasteiger partial charge is 0.389 e. The average molecular weight is 414 g/mol. The first-order valence-electron chi connectivity index (χ1n) is 10.5. The minimum absolute atomic E-state index is 0.0720. The van der Waals surface area contributed by atoms with Crippen LogP contribution >= 0.6 is 0 Å². The lowest BCUT2D eigenvalue weighted by Crippen LogP contribution is -2.54. The molecule has 1 unspecified atom stereocenters. The Morgan fingerprint density at radius 1 is 1.23 bits per heavy atom. The Hall–Kier alpha value is -2.44. The lowest BCUT2D eigenvalue weighted by atomic mass is 9.81. The number of anilines is 1. The van der Waals surface area contributed by atoms with Crippen LogP contribution in [0.4, 0.5) is 14.5 Å². The molecular formula is C24H29F2N3O. The molecule has 160 valence electrons. The van der Waals surface area contributed by atoms with Crippen molar-refractivity contribution < 1.29 is 13.9 Å². The lowest BCUT2D eigenvalue weighted by Gasteiger charge is -2.44. The maximum absolute atomic E-state index is 16.0. The smallest absolute Gasteiger partial charge is 0.140 e. The zero-order chi connectivity index (χ0) is 21.6. The number of hydrogen-bond acceptors (Lipinski definition) is 3. The van der Waals surface area contributed by atoms with E-state index < -0.39 is 29.3 Å². The normalized spacial score (nSPS) is 20.2. The maximum atomic E-state index is 16.0. The van der Waals surface area contributed by atoms with E-state index in [0.717, 1.165) is 23.8 Å². The number of unbranched alkanes of at least 4 members (excludes halogenated alkanes) is 1. The molecule has 0 saturated carbocycles. The van der Waals surface area contributed by atoms with Gasteiger partial charge >= 0.3 is 0 Å². The van der Waals surface area contributed by atoms with Gasteiger partial charge in [-0.1, -0.05) is 31.5 Å². The minimum atomic E-state index is -0.877. The topological polar surface area (TPSA) is 60.1 Å². The molecule has 2 atom stereocenters. The molecule has 4 N–H and O–H groups in total. The third-order valence-electron chi connectivity index (χ3n) is 6.17. The van der Waals surface area contributed by atoms with Crippen molar-refractivity contribution in [1.82, 2.24) is 10.3 Å². The number of nitrogens with one attached hydrogen (secondary N) is 3. The molecule has 0 aliphatic carbocycles. The summed E-state index contributed by atoms with van der Waals surface area (Å²) in [5, 5.41) is 18.3. The van der Waals surface area contributed by atoms with Gasteiger partial charge in [-0.2, -0.15) is 0 Å². The summed E-state index contributed by atoms with van der Waals surface area (Å²) in [7, 11) is 0. The van der Waals surface area contributed by atoms with Crippen molar-refractivity contribution in [3.05, 3.63) is 53.2 Å². The van der Waals surface area contributed by atoms with Crippen molar-refractivity contribution >= 4 is 16.6 Å². The summed E-state index contributed by atoms with van der Waals surface area (Å²) < 4.78 is 31.2. The number of fused-ring (bicyclic) bond motifs is 2. The van der Waals surface area contributed by atoms with Gasteiger partial charge in [0, 0.05) is 28.4 Å². The third kappa shape index (κ3) is 3.28. The lowest BCUT2D eigenvalue weighted by molar-refractivity contribution is 0.0670. The van der Waals surface area contributed by atoms with E-state index in [1.807, 2.05) is 39.1 Å². The SMILES string of the molecule is CCCCN[C@H]1c2c(cc(F)c(-c3cccc4c(C)c[nH]c34)c2F)NC(C)(C)C1O. The number of aliphatic hydroxyl groups is 1. The zero-order valence-electron chi connectivity index (χ0n) is 17.9. The summed E-state index contributed by atoms with van der Waals surface area (Å²) in [6.45, 7) is 8.34. The van der Waals surface area contributed by atoms with Crippen LogP contribution in [0.25, 0.3) is 22.0 Å². The number of aromatic amines is 1. The number of aliphatic hydroxyl groups excluding tert-OH is 1. The molecule has 4 rings (SSSR count). The van der Waals surface area contributed by atoms with Crippen molar-refractivity contribution in [2.45, 2.75) is 58.2 Å². The van der Waals surface area contributed by atoms with Crippen LogP contribution < -0.4 is 10.6 Å². The van der Waals surface area contributed by atoms with E-state index >= 15 is 8.78 Å². The van der Waals surface area contributed by atoms with E-state index in [-0.39, 0.29) is 11.1 Å². The van der Waals surface area contributed by atoms with Gasteiger partial charge in [0.15, 0.2) is 0 Å². The zero-order valence-corrected chi connectivity index (χ0v) is 17.9. The molecule has 0 saturated heterocycles. The van der Waals surface area contributed by atoms with Gasteiger partial charge in [0.2, 0.25) is 0 Å². The quantitative estimate of drug-likeness (QED) is 0.423. The van der Waals surface area contributed by atoms with Crippen LogP contribution in [0.5, 0.6) is 0 Å². The van der Waals surface area contributed by atoms with Crippen molar-refractivity contribution in [2.24, 2.45) is 0 Å². The van der Waals surface area contributed by atoms with E-state index in [2.05, 4.69) is 22.5 Å². The van der Waals surface area contributed by atoms with Gasteiger partial charge in [0.1, 0.15) is 11.6 Å². The van der Waals surface area contributed by atoms with Crippen LogP contribution in [0.15, 0.2) is 30.5 Å². The van der Waals surface area contributed by atoms with E-state index in [1.54, 1.807) is 6.07 Å². The van der Waals surface area contributed by atoms with Crippen LogP contribution in [-0.4, -0.2) is 28.3 Å². The molecule has 0 spiro atoms. The molecule has 3 aromatic rings. The Kier molecular flexibility index (Phi) is 5.32. The Morgan fingerprint density at radius 3 is 2.73 bits per heavy atom. The number of rotatable bonds is 5. The predicted octanol–water partition coefficient (Wildman–Crippen LogP) is 5.42. The number of aryl methyl sites for hydroxylation is 1. The van der Waals surface area contributed by atoms with Crippen LogP contribution in [0.3, 0.4) is 0 Å². The highest BCUT2D eigenvalue weighted by atomic mass is 19.1. The molecule has 2 heterocycles. The molecule has 6 heteroatoms. The van der Waals surface area contributed by atoms with Gasteiger partial charge in [-0.15, -0.1) is 0 Å².